The number of likely N-dealkylation sites (N-methyl/N-ethyl adjacent to an activating group) is 1. The molecule has 0 bridgehead atoms. The van der Waals surface area contributed by atoms with E-state index in [1.165, 1.54) is 6.07 Å². The number of rotatable bonds is 7. The van der Waals surface area contributed by atoms with Crippen molar-refractivity contribution in [1.82, 2.24) is 9.88 Å². The minimum Gasteiger partial charge on any atom is -0.489 e. The van der Waals surface area contributed by atoms with Gasteiger partial charge < -0.3 is 24.6 Å². The largest absolute Gasteiger partial charge is 0.489 e. The molecule has 1 N–H and O–H groups in total. The number of hydrogen-bond donors (Lipinski definition) is 1. The van der Waals surface area contributed by atoms with Crippen LogP contribution in [0.15, 0.2) is 48.7 Å². The molecule has 7 rings (SSSR count). The summed E-state index contributed by atoms with van der Waals surface area (Å²) < 4.78 is 54.3. The highest BCUT2D eigenvalue weighted by Crippen LogP contribution is 2.60. The maximum atomic E-state index is 14.0. The van der Waals surface area contributed by atoms with Crippen LogP contribution in [0.25, 0.3) is 0 Å². The number of alkyl halides is 3. The Bertz CT molecular complexity index is 1600. The summed E-state index contributed by atoms with van der Waals surface area (Å²) in [7, 11) is 1.96. The first-order chi connectivity index (χ1) is 20.6. The van der Waals surface area contributed by atoms with Crippen LogP contribution in [-0.2, 0) is 28.6 Å². The van der Waals surface area contributed by atoms with Gasteiger partial charge in [-0.3, -0.25) is 9.59 Å². The molecule has 1 aromatic heterocycles. The second kappa shape index (κ2) is 10.6. The van der Waals surface area contributed by atoms with Crippen molar-refractivity contribution < 1.29 is 32.2 Å². The molecule has 3 aromatic rings. The Balaban J connectivity index is 1.02. The zero-order valence-electron chi connectivity index (χ0n) is 23.6. The lowest BCUT2D eigenvalue weighted by molar-refractivity contribution is -0.137. The molecule has 2 fully saturated rings. The van der Waals surface area contributed by atoms with E-state index in [0.717, 1.165) is 22.9 Å². The zero-order chi connectivity index (χ0) is 29.9. The number of piperazine rings is 1. The van der Waals surface area contributed by atoms with E-state index in [0.29, 0.717) is 61.9 Å². The molecule has 3 atom stereocenters. The number of nitrogens with one attached hydrogen (secondary N) is 1. The number of ketones is 1. The number of carbonyl (C=O) groups is 2. The quantitative estimate of drug-likeness (QED) is 0.404. The number of nitrogens with zero attached hydrogens (tertiary/aromatic N) is 3. The minimum absolute atomic E-state index is 0.0224. The number of benzene rings is 2. The fourth-order valence-corrected chi connectivity index (χ4v) is 6.54. The highest BCUT2D eigenvalue weighted by Gasteiger charge is 2.59. The third kappa shape index (κ3) is 5.42. The average molecular weight is 593 g/mol. The van der Waals surface area contributed by atoms with Crippen LogP contribution in [0, 0.1) is 5.92 Å². The molecule has 2 aromatic carbocycles. The Morgan fingerprint density at radius 2 is 1.91 bits per heavy atom. The van der Waals surface area contributed by atoms with E-state index in [-0.39, 0.29) is 48.2 Å². The Labute approximate surface area is 246 Å². The monoisotopic (exact) mass is 592 g/mol. The third-order valence-corrected chi connectivity index (χ3v) is 8.88. The van der Waals surface area contributed by atoms with Crippen molar-refractivity contribution >= 4 is 23.2 Å². The van der Waals surface area contributed by atoms with Crippen molar-refractivity contribution in [3.63, 3.8) is 0 Å². The predicted molar refractivity (Wildman–Crippen MR) is 153 cm³/mol. The van der Waals surface area contributed by atoms with Gasteiger partial charge in [-0.05, 0) is 55.4 Å². The van der Waals surface area contributed by atoms with Crippen LogP contribution in [0.1, 0.15) is 41.0 Å². The highest BCUT2D eigenvalue weighted by molar-refractivity contribution is 5.93. The second-order valence-electron chi connectivity index (χ2n) is 11.8. The van der Waals surface area contributed by atoms with Crippen molar-refractivity contribution in [3.8, 4) is 17.2 Å². The summed E-state index contributed by atoms with van der Waals surface area (Å²) in [4.78, 5) is 32.9. The molecule has 1 saturated carbocycles. The van der Waals surface area contributed by atoms with Crippen LogP contribution in [0.3, 0.4) is 0 Å². The minimum atomic E-state index is -4.51. The van der Waals surface area contributed by atoms with Gasteiger partial charge in [0.15, 0.2) is 0 Å². The molecule has 4 aliphatic rings. The van der Waals surface area contributed by atoms with Crippen molar-refractivity contribution in [1.29, 1.82) is 0 Å². The standard InChI is InChI=1S/C32H31F3N4O4/c1-38-10-12-39(13-11-38)25-5-2-18(15-24(25)32(33,34)35)14-19(40)16-23-29-22-17-20(3-6-26(22)43-30(23)29)42-27-8-9-36-31-21(27)4-7-28(41)37-31/h2-3,5-6,8-9,15,17,23,29-30H,4,7,10-14,16H2,1H3,(H,36,37,41)/t23-,29-,30+/m0/s1. The predicted octanol–water partition coefficient (Wildman–Crippen LogP) is 5.21. The van der Waals surface area contributed by atoms with Gasteiger partial charge in [0.2, 0.25) is 5.91 Å². The van der Waals surface area contributed by atoms with Gasteiger partial charge in [0, 0.05) is 80.3 Å². The number of halogens is 3. The summed E-state index contributed by atoms with van der Waals surface area (Å²) in [5.41, 5.74) is 1.67. The van der Waals surface area contributed by atoms with E-state index >= 15 is 0 Å². The fourth-order valence-electron chi connectivity index (χ4n) is 6.54. The average Bonchev–Trinajstić information content (AvgIpc) is 3.48. The molecular weight excluding hydrogens is 561 g/mol. The first-order valence-electron chi connectivity index (χ1n) is 14.6. The first kappa shape index (κ1) is 27.7. The lowest BCUT2D eigenvalue weighted by Gasteiger charge is -2.35. The van der Waals surface area contributed by atoms with Crippen molar-refractivity contribution in [2.45, 2.75) is 43.9 Å². The molecule has 0 unspecified atom stereocenters. The van der Waals surface area contributed by atoms with E-state index in [9.17, 15) is 22.8 Å². The van der Waals surface area contributed by atoms with Crippen LogP contribution < -0.4 is 19.7 Å². The lowest BCUT2D eigenvalue weighted by Crippen LogP contribution is -2.45. The van der Waals surface area contributed by atoms with Crippen molar-refractivity contribution in [2.24, 2.45) is 5.92 Å². The maximum Gasteiger partial charge on any atom is 0.418 e. The second-order valence-corrected chi connectivity index (χ2v) is 11.8. The van der Waals surface area contributed by atoms with Crippen LogP contribution in [0.2, 0.25) is 0 Å². The molecule has 0 spiro atoms. The van der Waals surface area contributed by atoms with Crippen LogP contribution in [0.4, 0.5) is 24.7 Å². The number of fused-ring (bicyclic) bond motifs is 4. The van der Waals surface area contributed by atoms with Gasteiger partial charge in [-0.25, -0.2) is 4.98 Å². The summed E-state index contributed by atoms with van der Waals surface area (Å²) in [5, 5.41) is 2.77. The molecule has 4 heterocycles. The molecular formula is C32H31F3N4O4. The molecule has 1 saturated heterocycles. The summed E-state index contributed by atoms with van der Waals surface area (Å²) in [6, 6.07) is 11.7. The molecule has 0 radical (unpaired) electrons. The Morgan fingerprint density at radius 1 is 1.09 bits per heavy atom. The van der Waals surface area contributed by atoms with Gasteiger partial charge in [-0.15, -0.1) is 0 Å². The fraction of sp³-hybridized carbons (Fsp3) is 0.406. The van der Waals surface area contributed by atoms with Crippen LogP contribution in [-0.4, -0.2) is 60.9 Å². The summed E-state index contributed by atoms with van der Waals surface area (Å²) in [6.45, 7) is 2.45. The Hall–Kier alpha value is -4.12. The summed E-state index contributed by atoms with van der Waals surface area (Å²) >= 11 is 0. The number of pyridine rings is 1. The van der Waals surface area contributed by atoms with Gasteiger partial charge in [0.25, 0.3) is 0 Å². The zero-order valence-corrected chi connectivity index (χ0v) is 23.6. The number of amides is 1. The SMILES string of the molecule is CN1CCN(c2ccc(CC(=O)C[C@@H]3[C@H]4Oc5ccc(Oc6ccnc7c6CCC(=O)N7)cc5[C@@H]34)cc2C(F)(F)F)CC1. The first-order valence-corrected chi connectivity index (χ1v) is 14.6. The molecule has 224 valence electrons. The molecule has 8 nitrogen and oxygen atoms in total. The number of aromatic nitrogens is 1. The lowest BCUT2D eigenvalue weighted by atomic mass is 9.99. The van der Waals surface area contributed by atoms with Gasteiger partial charge in [0.05, 0.1) is 5.56 Å². The van der Waals surface area contributed by atoms with E-state index in [1.807, 2.05) is 25.2 Å². The van der Waals surface area contributed by atoms with Crippen LogP contribution in [0.5, 0.6) is 17.2 Å². The van der Waals surface area contributed by atoms with E-state index in [1.54, 1.807) is 23.2 Å². The van der Waals surface area contributed by atoms with Crippen LogP contribution >= 0.6 is 0 Å². The molecule has 11 heteroatoms. The highest BCUT2D eigenvalue weighted by atomic mass is 19.4. The maximum absolute atomic E-state index is 14.0. The van der Waals surface area contributed by atoms with Crippen molar-refractivity contribution in [2.75, 3.05) is 43.4 Å². The number of ether oxygens (including phenoxy) is 2. The van der Waals surface area contributed by atoms with E-state index in [2.05, 4.69) is 15.2 Å². The molecule has 3 aliphatic heterocycles. The molecule has 1 amide bonds. The van der Waals surface area contributed by atoms with Gasteiger partial charge in [-0.1, -0.05) is 6.07 Å². The van der Waals surface area contributed by atoms with Gasteiger partial charge >= 0.3 is 6.18 Å². The Morgan fingerprint density at radius 3 is 2.70 bits per heavy atom. The number of carbonyl (C=O) groups excluding carboxylic acids is 2. The number of Topliss-reactive ketones (excluding diaryl/α,β-unsaturated/α-hetero) is 1. The summed E-state index contributed by atoms with van der Waals surface area (Å²) in [5.74, 6) is 2.34. The smallest absolute Gasteiger partial charge is 0.418 e. The Kier molecular flexibility index (Phi) is 6.80. The summed E-state index contributed by atoms with van der Waals surface area (Å²) in [6.07, 6.45) is -1.96. The van der Waals surface area contributed by atoms with Gasteiger partial charge in [-0.2, -0.15) is 13.2 Å². The van der Waals surface area contributed by atoms with Crippen molar-refractivity contribution in [3.05, 3.63) is 70.9 Å². The molecule has 1 aliphatic carbocycles. The van der Waals surface area contributed by atoms with E-state index in [4.69, 9.17) is 9.47 Å². The number of anilines is 2. The topological polar surface area (TPSA) is 84.0 Å². The number of hydrogen-bond acceptors (Lipinski definition) is 7. The molecule has 43 heavy (non-hydrogen) atoms. The third-order valence-electron chi connectivity index (χ3n) is 8.88. The van der Waals surface area contributed by atoms with Gasteiger partial charge in [0.1, 0.15) is 35.0 Å². The normalized spacial score (nSPS) is 22.7. The van der Waals surface area contributed by atoms with E-state index < -0.39 is 11.7 Å².